The normalized spacial score (nSPS) is 10.2. The molecule has 1 aromatic heterocycles. The van der Waals surface area contributed by atoms with Gasteiger partial charge in [0.25, 0.3) is 5.56 Å². The van der Waals surface area contributed by atoms with Crippen molar-refractivity contribution < 1.29 is 0 Å². The summed E-state index contributed by atoms with van der Waals surface area (Å²) < 4.78 is 0. The van der Waals surface area contributed by atoms with Gasteiger partial charge in [-0.1, -0.05) is 13.3 Å². The van der Waals surface area contributed by atoms with E-state index < -0.39 is 0 Å². The van der Waals surface area contributed by atoms with Gasteiger partial charge in [0.2, 0.25) is 5.95 Å². The van der Waals surface area contributed by atoms with E-state index in [1.807, 2.05) is 6.92 Å². The number of anilines is 1. The van der Waals surface area contributed by atoms with E-state index in [1.165, 1.54) is 0 Å². The van der Waals surface area contributed by atoms with Gasteiger partial charge in [0.05, 0.1) is 0 Å². The Balaban J connectivity index is 3.00. The number of H-pyrrole nitrogens is 1. The van der Waals surface area contributed by atoms with Crippen molar-refractivity contribution in [2.75, 3.05) is 5.43 Å². The number of aromatic amines is 1. The lowest BCUT2D eigenvalue weighted by Gasteiger charge is -2.05. The molecule has 0 spiro atoms. The third-order valence-corrected chi connectivity index (χ3v) is 2.14. The average Bonchev–Trinajstić information content (AvgIpc) is 2.16. The SMILES string of the molecule is CCCCc1c(C)nc(NN)[nH]c1=O. The molecule has 0 aliphatic rings. The second-order valence-electron chi connectivity index (χ2n) is 3.23. The van der Waals surface area contributed by atoms with Crippen molar-refractivity contribution >= 4 is 5.95 Å². The Bertz CT molecular complexity index is 358. The lowest BCUT2D eigenvalue weighted by atomic mass is 10.1. The number of hydrazine groups is 1. The first kappa shape index (κ1) is 10.7. The third kappa shape index (κ3) is 2.32. The molecule has 5 heteroatoms. The fourth-order valence-corrected chi connectivity index (χ4v) is 1.33. The average molecular weight is 196 g/mol. The summed E-state index contributed by atoms with van der Waals surface area (Å²) in [4.78, 5) is 18.2. The molecule has 4 N–H and O–H groups in total. The smallest absolute Gasteiger partial charge is 0.255 e. The Morgan fingerprint density at radius 2 is 2.29 bits per heavy atom. The summed E-state index contributed by atoms with van der Waals surface area (Å²) in [6, 6.07) is 0. The lowest BCUT2D eigenvalue weighted by Crippen LogP contribution is -2.21. The van der Waals surface area contributed by atoms with Gasteiger partial charge in [0.1, 0.15) is 0 Å². The minimum atomic E-state index is -0.0982. The molecule has 0 aliphatic heterocycles. The maximum Gasteiger partial charge on any atom is 0.255 e. The van der Waals surface area contributed by atoms with Gasteiger partial charge < -0.3 is 0 Å². The van der Waals surface area contributed by atoms with E-state index in [1.54, 1.807) is 0 Å². The van der Waals surface area contributed by atoms with Crippen molar-refractivity contribution in [1.82, 2.24) is 9.97 Å². The fourth-order valence-electron chi connectivity index (χ4n) is 1.33. The van der Waals surface area contributed by atoms with Gasteiger partial charge in [0.15, 0.2) is 0 Å². The van der Waals surface area contributed by atoms with E-state index in [9.17, 15) is 4.79 Å². The van der Waals surface area contributed by atoms with Gasteiger partial charge in [-0.3, -0.25) is 15.2 Å². The highest BCUT2D eigenvalue weighted by molar-refractivity contribution is 5.27. The number of nitrogens with one attached hydrogen (secondary N) is 2. The van der Waals surface area contributed by atoms with E-state index in [4.69, 9.17) is 5.84 Å². The molecule has 0 saturated heterocycles. The van der Waals surface area contributed by atoms with Crippen LogP contribution in [0.5, 0.6) is 0 Å². The highest BCUT2D eigenvalue weighted by Gasteiger charge is 2.06. The van der Waals surface area contributed by atoms with Gasteiger partial charge in [-0.2, -0.15) is 0 Å². The van der Waals surface area contributed by atoms with Crippen LogP contribution in [0, 0.1) is 6.92 Å². The molecule has 0 unspecified atom stereocenters. The van der Waals surface area contributed by atoms with Crippen LogP contribution < -0.4 is 16.8 Å². The van der Waals surface area contributed by atoms with Crippen molar-refractivity contribution in [2.24, 2.45) is 5.84 Å². The molecule has 14 heavy (non-hydrogen) atoms. The Kier molecular flexibility index (Phi) is 3.64. The van der Waals surface area contributed by atoms with E-state index in [2.05, 4.69) is 22.3 Å². The van der Waals surface area contributed by atoms with Crippen molar-refractivity contribution in [3.8, 4) is 0 Å². The first-order valence-corrected chi connectivity index (χ1v) is 4.75. The Hall–Kier alpha value is -1.36. The number of nitrogens with zero attached hydrogens (tertiary/aromatic N) is 1. The summed E-state index contributed by atoms with van der Waals surface area (Å²) in [6.45, 7) is 3.91. The first-order valence-electron chi connectivity index (χ1n) is 4.75. The number of aromatic nitrogens is 2. The van der Waals surface area contributed by atoms with Crippen LogP contribution in [-0.4, -0.2) is 9.97 Å². The molecular formula is C9H16N4O. The number of hydrogen-bond donors (Lipinski definition) is 3. The minimum Gasteiger partial charge on any atom is -0.294 e. The molecule has 0 amide bonds. The van der Waals surface area contributed by atoms with Crippen LogP contribution in [0.2, 0.25) is 0 Å². The highest BCUT2D eigenvalue weighted by atomic mass is 16.1. The largest absolute Gasteiger partial charge is 0.294 e. The van der Waals surface area contributed by atoms with Gasteiger partial charge in [0, 0.05) is 11.3 Å². The van der Waals surface area contributed by atoms with Gasteiger partial charge >= 0.3 is 0 Å². The molecule has 0 radical (unpaired) electrons. The van der Waals surface area contributed by atoms with Crippen LogP contribution in [0.3, 0.4) is 0 Å². The van der Waals surface area contributed by atoms with Gasteiger partial charge in [-0.15, -0.1) is 0 Å². The molecule has 5 nitrogen and oxygen atoms in total. The van der Waals surface area contributed by atoms with E-state index in [-0.39, 0.29) is 5.56 Å². The minimum absolute atomic E-state index is 0.0982. The topological polar surface area (TPSA) is 83.8 Å². The monoisotopic (exact) mass is 196 g/mol. The third-order valence-electron chi connectivity index (χ3n) is 2.14. The summed E-state index contributed by atoms with van der Waals surface area (Å²) >= 11 is 0. The van der Waals surface area contributed by atoms with Crippen LogP contribution in [0.4, 0.5) is 5.95 Å². The number of nitrogen functional groups attached to an aromatic ring is 1. The lowest BCUT2D eigenvalue weighted by molar-refractivity contribution is 0.774. The predicted molar refractivity (Wildman–Crippen MR) is 56.0 cm³/mol. The maximum atomic E-state index is 11.5. The fraction of sp³-hybridized carbons (Fsp3) is 0.556. The standard InChI is InChI=1S/C9H16N4O/c1-3-4-5-7-6(2)11-9(13-10)12-8(7)14/h3-5,10H2,1-2H3,(H2,11,12,13,14). The molecule has 1 heterocycles. The predicted octanol–water partition coefficient (Wildman–Crippen LogP) is 0.707. The van der Waals surface area contributed by atoms with Crippen molar-refractivity contribution in [3.63, 3.8) is 0 Å². The van der Waals surface area contributed by atoms with Crippen LogP contribution in [0.1, 0.15) is 31.0 Å². The number of hydrogen-bond acceptors (Lipinski definition) is 4. The van der Waals surface area contributed by atoms with Crippen LogP contribution in [0.25, 0.3) is 0 Å². The zero-order valence-corrected chi connectivity index (χ0v) is 8.55. The summed E-state index contributed by atoms with van der Waals surface area (Å²) in [5.74, 6) is 5.47. The molecule has 1 aromatic rings. The van der Waals surface area contributed by atoms with Crippen molar-refractivity contribution in [1.29, 1.82) is 0 Å². The molecular weight excluding hydrogens is 180 g/mol. The number of unbranched alkanes of at least 4 members (excludes halogenated alkanes) is 1. The number of rotatable bonds is 4. The highest BCUT2D eigenvalue weighted by Crippen LogP contribution is 2.05. The first-order chi connectivity index (χ1) is 6.69. The van der Waals surface area contributed by atoms with Crippen LogP contribution in [-0.2, 0) is 6.42 Å². The Morgan fingerprint density at radius 1 is 1.57 bits per heavy atom. The number of aryl methyl sites for hydroxylation is 1. The molecule has 1 rings (SSSR count). The second-order valence-corrected chi connectivity index (χ2v) is 3.23. The summed E-state index contributed by atoms with van der Waals surface area (Å²) in [5, 5.41) is 0. The Labute approximate surface area is 82.7 Å². The maximum absolute atomic E-state index is 11.5. The number of nitrogens with two attached hydrogens (primary N) is 1. The zero-order valence-electron chi connectivity index (χ0n) is 8.55. The molecule has 0 bridgehead atoms. The summed E-state index contributed by atoms with van der Waals surface area (Å²) in [7, 11) is 0. The van der Waals surface area contributed by atoms with Crippen molar-refractivity contribution in [3.05, 3.63) is 21.6 Å². The van der Waals surface area contributed by atoms with E-state index >= 15 is 0 Å². The van der Waals surface area contributed by atoms with E-state index in [0.717, 1.165) is 30.5 Å². The quantitative estimate of drug-likeness (QED) is 0.489. The van der Waals surface area contributed by atoms with Crippen molar-refractivity contribution in [2.45, 2.75) is 33.1 Å². The molecule has 0 fully saturated rings. The van der Waals surface area contributed by atoms with Gasteiger partial charge in [-0.25, -0.2) is 10.8 Å². The van der Waals surface area contributed by atoms with Crippen LogP contribution in [0.15, 0.2) is 4.79 Å². The summed E-state index contributed by atoms with van der Waals surface area (Å²) in [5.41, 5.74) is 3.73. The second kappa shape index (κ2) is 4.76. The molecule has 0 aromatic carbocycles. The van der Waals surface area contributed by atoms with Crippen LogP contribution >= 0.6 is 0 Å². The molecule has 0 atom stereocenters. The molecule has 0 saturated carbocycles. The molecule has 0 aliphatic carbocycles. The van der Waals surface area contributed by atoms with E-state index in [0.29, 0.717) is 5.95 Å². The zero-order chi connectivity index (χ0) is 10.6. The molecule has 78 valence electrons. The Morgan fingerprint density at radius 3 is 2.79 bits per heavy atom. The summed E-state index contributed by atoms with van der Waals surface area (Å²) in [6.07, 6.45) is 2.84. The van der Waals surface area contributed by atoms with Gasteiger partial charge in [-0.05, 0) is 19.8 Å².